The van der Waals surface area contributed by atoms with Gasteiger partial charge in [0.25, 0.3) is 0 Å². The van der Waals surface area contributed by atoms with Crippen molar-refractivity contribution in [3.8, 4) is 5.75 Å². The topological polar surface area (TPSA) is 67.8 Å². The van der Waals surface area contributed by atoms with Crippen molar-refractivity contribution in [3.63, 3.8) is 0 Å². The Labute approximate surface area is 187 Å². The average Bonchev–Trinajstić information content (AvgIpc) is 3.13. The normalized spacial score (nSPS) is 15.8. The van der Waals surface area contributed by atoms with E-state index < -0.39 is 0 Å². The van der Waals surface area contributed by atoms with Crippen LogP contribution in [-0.2, 0) is 11.3 Å². The van der Waals surface area contributed by atoms with Crippen molar-refractivity contribution in [3.05, 3.63) is 23.0 Å². The molecule has 28 heavy (non-hydrogen) atoms. The van der Waals surface area contributed by atoms with E-state index in [0.717, 1.165) is 54.7 Å². The molecule has 0 saturated heterocycles. The van der Waals surface area contributed by atoms with Gasteiger partial charge in [-0.3, -0.25) is 9.98 Å². The second-order valence-electron chi connectivity index (χ2n) is 7.48. The van der Waals surface area contributed by atoms with Crippen LogP contribution in [0.5, 0.6) is 5.75 Å². The van der Waals surface area contributed by atoms with Crippen LogP contribution in [0.4, 0.5) is 0 Å². The summed E-state index contributed by atoms with van der Waals surface area (Å²) in [5, 5.41) is 6.93. The second-order valence-corrected chi connectivity index (χ2v) is 7.48. The molecule has 0 aromatic carbocycles. The number of aromatic nitrogens is 1. The van der Waals surface area contributed by atoms with E-state index >= 15 is 0 Å². The fraction of sp³-hybridized carbons (Fsp3) is 0.714. The number of pyridine rings is 1. The highest BCUT2D eigenvalue weighted by molar-refractivity contribution is 14.0. The summed E-state index contributed by atoms with van der Waals surface area (Å²) in [6.45, 7) is 9.31. The molecule has 6 nitrogen and oxygen atoms in total. The Morgan fingerprint density at radius 2 is 1.96 bits per heavy atom. The molecular weight excluding hydrogens is 467 g/mol. The van der Waals surface area contributed by atoms with E-state index in [0.29, 0.717) is 12.0 Å². The van der Waals surface area contributed by atoms with Crippen molar-refractivity contribution in [1.82, 2.24) is 15.6 Å². The first kappa shape index (κ1) is 24.9. The molecule has 1 fully saturated rings. The molecule has 1 aliphatic carbocycles. The van der Waals surface area contributed by atoms with Gasteiger partial charge in [-0.25, -0.2) is 0 Å². The van der Waals surface area contributed by atoms with Crippen molar-refractivity contribution in [1.29, 1.82) is 0 Å². The van der Waals surface area contributed by atoms with Crippen molar-refractivity contribution in [2.75, 3.05) is 33.9 Å². The number of aliphatic imine (C=N–C) groups is 1. The number of aryl methyl sites for hydroxylation is 1. The van der Waals surface area contributed by atoms with Gasteiger partial charge < -0.3 is 20.1 Å². The molecule has 0 radical (unpaired) electrons. The Bertz CT molecular complexity index is 631. The fourth-order valence-electron chi connectivity index (χ4n) is 3.98. The predicted molar refractivity (Wildman–Crippen MR) is 126 cm³/mol. The first-order valence-electron chi connectivity index (χ1n) is 10.1. The summed E-state index contributed by atoms with van der Waals surface area (Å²) in [6, 6.07) is 0. The number of hydrogen-bond acceptors (Lipinski definition) is 4. The number of rotatable bonds is 9. The molecule has 0 aliphatic heterocycles. The third-order valence-corrected chi connectivity index (χ3v) is 5.67. The molecule has 0 bridgehead atoms. The highest BCUT2D eigenvalue weighted by Gasteiger charge is 2.33. The van der Waals surface area contributed by atoms with Crippen LogP contribution >= 0.6 is 24.0 Å². The highest BCUT2D eigenvalue weighted by Crippen LogP contribution is 2.40. The summed E-state index contributed by atoms with van der Waals surface area (Å²) in [5.41, 5.74) is 3.43. The zero-order valence-electron chi connectivity index (χ0n) is 18.1. The van der Waals surface area contributed by atoms with Crippen LogP contribution in [0, 0.1) is 19.3 Å². The molecule has 1 aromatic rings. The number of methoxy groups -OCH3 is 1. The average molecular weight is 504 g/mol. The standard InChI is InChI=1S/C21H36N4O2.HI/c1-6-27-12-11-21(9-7-8-10-21)15-25-20(22-4)24-14-18-17(3)19(26-5)16(2)13-23-18;/h13H,6-12,14-15H2,1-5H3,(H2,22,24,25);1H. The third kappa shape index (κ3) is 6.76. The van der Waals surface area contributed by atoms with Gasteiger partial charge in [0, 0.05) is 44.1 Å². The van der Waals surface area contributed by atoms with Gasteiger partial charge >= 0.3 is 0 Å². The molecule has 160 valence electrons. The van der Waals surface area contributed by atoms with Gasteiger partial charge in [-0.2, -0.15) is 0 Å². The summed E-state index contributed by atoms with van der Waals surface area (Å²) in [6.07, 6.45) is 8.12. The van der Waals surface area contributed by atoms with Crippen molar-refractivity contribution in [2.24, 2.45) is 10.4 Å². The molecule has 2 N–H and O–H groups in total. The lowest BCUT2D eigenvalue weighted by molar-refractivity contribution is 0.105. The van der Waals surface area contributed by atoms with Crippen LogP contribution in [0.25, 0.3) is 0 Å². The SMILES string of the molecule is CCOCCC1(CNC(=NC)NCc2ncc(C)c(OC)c2C)CCCC1.I. The van der Waals surface area contributed by atoms with E-state index in [2.05, 4.69) is 27.5 Å². The molecular formula is C21H37IN4O2. The maximum absolute atomic E-state index is 5.61. The summed E-state index contributed by atoms with van der Waals surface area (Å²) in [4.78, 5) is 8.94. The van der Waals surface area contributed by atoms with E-state index in [1.807, 2.05) is 27.1 Å². The number of guanidine groups is 1. The summed E-state index contributed by atoms with van der Waals surface area (Å²) in [5.74, 6) is 1.73. The minimum absolute atomic E-state index is 0. The quantitative estimate of drug-likeness (QED) is 0.231. The van der Waals surface area contributed by atoms with Crippen molar-refractivity contribution in [2.45, 2.75) is 59.4 Å². The van der Waals surface area contributed by atoms with Gasteiger partial charge in [0.15, 0.2) is 5.96 Å². The molecule has 0 atom stereocenters. The van der Waals surface area contributed by atoms with Crippen LogP contribution in [0.3, 0.4) is 0 Å². The predicted octanol–water partition coefficient (Wildman–Crippen LogP) is 3.98. The van der Waals surface area contributed by atoms with Crippen LogP contribution in [0.15, 0.2) is 11.2 Å². The number of hydrogen-bond donors (Lipinski definition) is 2. The molecule has 7 heteroatoms. The Morgan fingerprint density at radius 1 is 1.25 bits per heavy atom. The number of ether oxygens (including phenoxy) is 2. The summed E-state index contributed by atoms with van der Waals surface area (Å²) in [7, 11) is 3.52. The van der Waals surface area contributed by atoms with Gasteiger partial charge in [0.1, 0.15) is 5.75 Å². The van der Waals surface area contributed by atoms with Crippen LogP contribution in [0.2, 0.25) is 0 Å². The Balaban J connectivity index is 0.00000392. The number of nitrogens with one attached hydrogen (secondary N) is 2. The lowest BCUT2D eigenvalue weighted by atomic mass is 9.83. The van der Waals surface area contributed by atoms with Crippen molar-refractivity contribution >= 4 is 29.9 Å². The lowest BCUT2D eigenvalue weighted by Gasteiger charge is -2.30. The summed E-state index contributed by atoms with van der Waals surface area (Å²) >= 11 is 0. The lowest BCUT2D eigenvalue weighted by Crippen LogP contribution is -2.43. The second kappa shape index (κ2) is 12.5. The van der Waals surface area contributed by atoms with Gasteiger partial charge in [0.05, 0.1) is 19.3 Å². The molecule has 0 amide bonds. The fourth-order valence-corrected chi connectivity index (χ4v) is 3.98. The minimum atomic E-state index is 0. The largest absolute Gasteiger partial charge is 0.496 e. The molecule has 1 aromatic heterocycles. The molecule has 1 heterocycles. The van der Waals surface area contributed by atoms with E-state index in [9.17, 15) is 0 Å². The summed E-state index contributed by atoms with van der Waals surface area (Å²) < 4.78 is 11.1. The first-order valence-corrected chi connectivity index (χ1v) is 10.1. The monoisotopic (exact) mass is 504 g/mol. The maximum Gasteiger partial charge on any atom is 0.191 e. The van der Waals surface area contributed by atoms with Crippen LogP contribution < -0.4 is 15.4 Å². The minimum Gasteiger partial charge on any atom is -0.496 e. The van der Waals surface area contributed by atoms with E-state index in [1.165, 1.54) is 25.7 Å². The van der Waals surface area contributed by atoms with Gasteiger partial charge in [-0.1, -0.05) is 12.8 Å². The Kier molecular flexibility index (Phi) is 11.1. The zero-order valence-corrected chi connectivity index (χ0v) is 20.4. The smallest absolute Gasteiger partial charge is 0.191 e. The van der Waals surface area contributed by atoms with Gasteiger partial charge in [-0.05, 0) is 45.4 Å². The van der Waals surface area contributed by atoms with Crippen molar-refractivity contribution < 1.29 is 9.47 Å². The Hall–Kier alpha value is -1.09. The number of nitrogens with zero attached hydrogens (tertiary/aromatic N) is 2. The van der Waals surface area contributed by atoms with Gasteiger partial charge in [0.2, 0.25) is 0 Å². The molecule has 0 unspecified atom stereocenters. The molecule has 1 aliphatic rings. The van der Waals surface area contributed by atoms with E-state index in [1.54, 1.807) is 7.11 Å². The maximum atomic E-state index is 5.61. The van der Waals surface area contributed by atoms with Crippen LogP contribution in [-0.4, -0.2) is 44.9 Å². The van der Waals surface area contributed by atoms with Gasteiger partial charge in [-0.15, -0.1) is 24.0 Å². The Morgan fingerprint density at radius 3 is 2.57 bits per heavy atom. The molecule has 2 rings (SSSR count). The van der Waals surface area contributed by atoms with Crippen LogP contribution in [0.1, 0.15) is 55.8 Å². The molecule has 0 spiro atoms. The van der Waals surface area contributed by atoms with E-state index in [4.69, 9.17) is 9.47 Å². The van der Waals surface area contributed by atoms with E-state index in [-0.39, 0.29) is 24.0 Å². The molecule has 1 saturated carbocycles. The zero-order chi connectivity index (χ0) is 19.7. The first-order chi connectivity index (χ1) is 13.0. The third-order valence-electron chi connectivity index (χ3n) is 5.67. The highest BCUT2D eigenvalue weighted by atomic mass is 127. The number of halogens is 1.